The fourth-order valence-electron chi connectivity index (χ4n) is 1.81. The number of carbonyl (C=O) groups is 2. The second-order valence-electron chi connectivity index (χ2n) is 4.77. The van der Waals surface area contributed by atoms with Crippen molar-refractivity contribution in [1.29, 1.82) is 0 Å². The molecule has 0 aliphatic heterocycles. The van der Waals surface area contributed by atoms with E-state index in [1.165, 1.54) is 42.5 Å². The number of benzene rings is 2. The predicted molar refractivity (Wildman–Crippen MR) is 91.9 cm³/mol. The highest BCUT2D eigenvalue weighted by Crippen LogP contribution is 2.23. The van der Waals surface area contributed by atoms with Crippen molar-refractivity contribution in [3.8, 4) is 0 Å². The van der Waals surface area contributed by atoms with Gasteiger partial charge in [-0.25, -0.2) is 13.1 Å². The van der Waals surface area contributed by atoms with Crippen LogP contribution in [0.3, 0.4) is 0 Å². The summed E-state index contributed by atoms with van der Waals surface area (Å²) in [6.07, 6.45) is 0. The Labute approximate surface area is 148 Å². The molecule has 0 spiro atoms. The first-order valence-electron chi connectivity index (χ1n) is 6.59. The number of carbonyl (C=O) groups excluding carboxylic acids is 2. The van der Waals surface area contributed by atoms with Crippen molar-refractivity contribution in [3.05, 3.63) is 58.1 Å². The number of rotatable bonds is 4. The fourth-order valence-corrected chi connectivity index (χ4v) is 3.09. The molecular formula is C15H12Cl2N2O4S. The molecule has 0 heterocycles. The molecule has 2 rings (SSSR count). The first-order chi connectivity index (χ1) is 11.2. The molecule has 0 fully saturated rings. The van der Waals surface area contributed by atoms with E-state index in [1.54, 1.807) is 0 Å². The minimum Gasteiger partial charge on any atom is -0.322 e. The quantitative estimate of drug-likeness (QED) is 0.844. The summed E-state index contributed by atoms with van der Waals surface area (Å²) in [7, 11) is -3.91. The molecule has 2 N–H and O–H groups in total. The number of amides is 2. The summed E-state index contributed by atoms with van der Waals surface area (Å²) in [6, 6.07) is 9.80. The van der Waals surface area contributed by atoms with E-state index in [2.05, 4.69) is 5.32 Å². The monoisotopic (exact) mass is 386 g/mol. The summed E-state index contributed by atoms with van der Waals surface area (Å²) in [5.41, 5.74) is 0.687. The van der Waals surface area contributed by atoms with Crippen molar-refractivity contribution in [1.82, 2.24) is 4.72 Å². The van der Waals surface area contributed by atoms with Crippen molar-refractivity contribution in [2.45, 2.75) is 11.8 Å². The van der Waals surface area contributed by atoms with Crippen LogP contribution in [0.15, 0.2) is 47.4 Å². The third-order valence-corrected chi connectivity index (χ3v) is 5.07. The van der Waals surface area contributed by atoms with Crippen LogP contribution in [0.5, 0.6) is 0 Å². The Morgan fingerprint density at radius 2 is 1.58 bits per heavy atom. The van der Waals surface area contributed by atoms with Gasteiger partial charge in [0.1, 0.15) is 0 Å². The lowest BCUT2D eigenvalue weighted by molar-refractivity contribution is -0.117. The molecule has 2 aromatic rings. The molecule has 6 nitrogen and oxygen atoms in total. The Bertz CT molecular complexity index is 896. The fraction of sp³-hybridized carbons (Fsp3) is 0.0667. The second-order valence-corrected chi connectivity index (χ2v) is 7.27. The van der Waals surface area contributed by atoms with Gasteiger partial charge in [-0.3, -0.25) is 9.59 Å². The van der Waals surface area contributed by atoms with E-state index in [1.807, 2.05) is 4.72 Å². The smallest absolute Gasteiger partial charge is 0.264 e. The molecule has 0 aliphatic carbocycles. The van der Waals surface area contributed by atoms with Crippen molar-refractivity contribution in [2.24, 2.45) is 0 Å². The number of halogens is 2. The number of anilines is 1. The van der Waals surface area contributed by atoms with Gasteiger partial charge in [-0.05, 0) is 42.5 Å². The van der Waals surface area contributed by atoms with Crippen molar-refractivity contribution >= 4 is 50.7 Å². The van der Waals surface area contributed by atoms with Gasteiger partial charge in [0, 0.05) is 18.2 Å². The van der Waals surface area contributed by atoms with Crippen LogP contribution in [0.2, 0.25) is 10.0 Å². The van der Waals surface area contributed by atoms with Gasteiger partial charge >= 0.3 is 0 Å². The van der Waals surface area contributed by atoms with Gasteiger partial charge in [-0.15, -0.1) is 0 Å². The SMILES string of the molecule is CC(=O)NS(=O)(=O)c1ccc(NC(=O)c2ccc(Cl)c(Cl)c2)cc1. The summed E-state index contributed by atoms with van der Waals surface area (Å²) in [5.74, 6) is -1.11. The minimum atomic E-state index is -3.91. The maximum atomic E-state index is 12.1. The van der Waals surface area contributed by atoms with Crippen LogP contribution in [0.1, 0.15) is 17.3 Å². The summed E-state index contributed by atoms with van der Waals surface area (Å²) in [4.78, 5) is 22.9. The third-order valence-electron chi connectivity index (χ3n) is 2.88. The zero-order valence-electron chi connectivity index (χ0n) is 12.3. The first kappa shape index (κ1) is 18.3. The molecule has 0 aromatic heterocycles. The minimum absolute atomic E-state index is 0.0924. The Kier molecular flexibility index (Phi) is 5.48. The summed E-state index contributed by atoms with van der Waals surface area (Å²) < 4.78 is 25.5. The van der Waals surface area contributed by atoms with Gasteiger partial charge in [-0.1, -0.05) is 23.2 Å². The second kappa shape index (κ2) is 7.21. The summed E-state index contributed by atoms with van der Waals surface area (Å²) in [6.45, 7) is 1.10. The van der Waals surface area contributed by atoms with Crippen molar-refractivity contribution < 1.29 is 18.0 Å². The summed E-state index contributed by atoms with van der Waals surface area (Å²) >= 11 is 11.7. The molecule has 0 unspecified atom stereocenters. The van der Waals surface area contributed by atoms with Crippen LogP contribution in [0, 0.1) is 0 Å². The molecule has 0 bridgehead atoms. The van der Waals surface area contributed by atoms with Crippen LogP contribution in [-0.4, -0.2) is 20.2 Å². The lowest BCUT2D eigenvalue weighted by Gasteiger charge is -2.08. The number of sulfonamides is 1. The number of nitrogens with one attached hydrogen (secondary N) is 2. The zero-order chi connectivity index (χ0) is 17.9. The first-order valence-corrected chi connectivity index (χ1v) is 8.83. The normalized spacial score (nSPS) is 11.0. The average Bonchev–Trinajstić information content (AvgIpc) is 2.49. The molecule has 9 heteroatoms. The van der Waals surface area contributed by atoms with Gasteiger partial charge in [0.2, 0.25) is 5.91 Å². The Balaban J connectivity index is 2.15. The highest BCUT2D eigenvalue weighted by molar-refractivity contribution is 7.90. The van der Waals surface area contributed by atoms with Crippen LogP contribution < -0.4 is 10.0 Å². The predicted octanol–water partition coefficient (Wildman–Crippen LogP) is 3.07. The maximum Gasteiger partial charge on any atom is 0.264 e. The Morgan fingerprint density at radius 3 is 2.12 bits per heavy atom. The standard InChI is InChI=1S/C15H12Cl2N2O4S/c1-9(20)19-24(22,23)12-5-3-11(4-6-12)18-15(21)10-2-7-13(16)14(17)8-10/h2-8H,1H3,(H,18,21)(H,19,20). The number of hydrogen-bond acceptors (Lipinski definition) is 4. The molecule has 2 amide bonds. The lowest BCUT2D eigenvalue weighted by Crippen LogP contribution is -2.28. The van der Waals surface area contributed by atoms with Gasteiger partial charge in [0.25, 0.3) is 15.9 Å². The third kappa shape index (κ3) is 4.47. The Morgan fingerprint density at radius 1 is 0.958 bits per heavy atom. The summed E-state index contributed by atoms with van der Waals surface area (Å²) in [5, 5.41) is 3.19. The van der Waals surface area contributed by atoms with E-state index in [9.17, 15) is 18.0 Å². The van der Waals surface area contributed by atoms with Gasteiger partial charge in [-0.2, -0.15) is 0 Å². The van der Waals surface area contributed by atoms with Crippen LogP contribution in [-0.2, 0) is 14.8 Å². The Hall–Kier alpha value is -2.09. The average molecular weight is 387 g/mol. The van der Waals surface area contributed by atoms with E-state index < -0.39 is 21.8 Å². The van der Waals surface area contributed by atoms with Gasteiger partial charge in [0.05, 0.1) is 14.9 Å². The van der Waals surface area contributed by atoms with E-state index in [0.29, 0.717) is 16.3 Å². The molecular weight excluding hydrogens is 375 g/mol. The molecule has 126 valence electrons. The lowest BCUT2D eigenvalue weighted by atomic mass is 10.2. The van der Waals surface area contributed by atoms with E-state index in [4.69, 9.17) is 23.2 Å². The molecule has 0 saturated carbocycles. The molecule has 0 radical (unpaired) electrons. The van der Waals surface area contributed by atoms with E-state index >= 15 is 0 Å². The zero-order valence-corrected chi connectivity index (χ0v) is 14.7. The van der Waals surface area contributed by atoms with E-state index in [0.717, 1.165) is 6.92 Å². The van der Waals surface area contributed by atoms with Crippen LogP contribution in [0.4, 0.5) is 5.69 Å². The number of hydrogen-bond donors (Lipinski definition) is 2. The molecule has 0 saturated heterocycles. The highest BCUT2D eigenvalue weighted by Gasteiger charge is 2.15. The maximum absolute atomic E-state index is 12.1. The molecule has 2 aromatic carbocycles. The molecule has 24 heavy (non-hydrogen) atoms. The van der Waals surface area contributed by atoms with E-state index in [-0.39, 0.29) is 9.92 Å². The largest absolute Gasteiger partial charge is 0.322 e. The van der Waals surface area contributed by atoms with Crippen LogP contribution >= 0.6 is 23.2 Å². The van der Waals surface area contributed by atoms with Crippen molar-refractivity contribution in [3.63, 3.8) is 0 Å². The highest BCUT2D eigenvalue weighted by atomic mass is 35.5. The van der Waals surface area contributed by atoms with Crippen molar-refractivity contribution in [2.75, 3.05) is 5.32 Å². The molecule has 0 atom stereocenters. The van der Waals surface area contributed by atoms with Gasteiger partial charge < -0.3 is 5.32 Å². The van der Waals surface area contributed by atoms with Crippen LogP contribution in [0.25, 0.3) is 0 Å². The topological polar surface area (TPSA) is 92.3 Å². The van der Waals surface area contributed by atoms with Gasteiger partial charge in [0.15, 0.2) is 0 Å². The molecule has 0 aliphatic rings.